The van der Waals surface area contributed by atoms with Crippen LogP contribution in [0.4, 0.5) is 0 Å². The highest BCUT2D eigenvalue weighted by atomic mass is 16.5. The fraction of sp³-hybridized carbons (Fsp3) is 0.429. The summed E-state index contributed by atoms with van der Waals surface area (Å²) in [6.45, 7) is 5.54. The van der Waals surface area contributed by atoms with Gasteiger partial charge in [0.1, 0.15) is 6.04 Å². The van der Waals surface area contributed by atoms with Crippen molar-refractivity contribution in [3.05, 3.63) is 23.5 Å². The van der Waals surface area contributed by atoms with Gasteiger partial charge in [-0.2, -0.15) is 0 Å². The molecule has 2 aromatic rings. The van der Waals surface area contributed by atoms with Crippen molar-refractivity contribution in [1.82, 2.24) is 15.5 Å². The molecule has 0 fully saturated rings. The molecule has 0 bridgehead atoms. The van der Waals surface area contributed by atoms with Crippen molar-refractivity contribution in [2.24, 2.45) is 5.92 Å². The summed E-state index contributed by atoms with van der Waals surface area (Å²) in [5.74, 6) is -1.36. The van der Waals surface area contributed by atoms with Gasteiger partial charge in [-0.1, -0.05) is 19.0 Å². The number of aromatic nitrogens is 2. The van der Waals surface area contributed by atoms with Crippen molar-refractivity contribution in [1.29, 1.82) is 0 Å². The van der Waals surface area contributed by atoms with E-state index in [4.69, 9.17) is 9.63 Å². The van der Waals surface area contributed by atoms with Crippen LogP contribution in [0.2, 0.25) is 0 Å². The minimum atomic E-state index is -1.05. The zero-order valence-electron chi connectivity index (χ0n) is 12.1. The van der Waals surface area contributed by atoms with Gasteiger partial charge in [0.25, 0.3) is 11.6 Å². The van der Waals surface area contributed by atoms with Crippen molar-refractivity contribution in [2.75, 3.05) is 0 Å². The highest BCUT2D eigenvalue weighted by Crippen LogP contribution is 2.17. The summed E-state index contributed by atoms with van der Waals surface area (Å²) in [6, 6.07) is 0.675. The number of aliphatic carboxylic acids is 1. The summed E-state index contributed by atoms with van der Waals surface area (Å²) in [7, 11) is 0. The summed E-state index contributed by atoms with van der Waals surface area (Å²) >= 11 is 0. The first-order valence-electron chi connectivity index (χ1n) is 6.64. The van der Waals surface area contributed by atoms with Gasteiger partial charge in [-0.25, -0.2) is 9.78 Å². The van der Waals surface area contributed by atoms with Crippen LogP contribution >= 0.6 is 0 Å². The zero-order valence-corrected chi connectivity index (χ0v) is 12.1. The third-order valence-corrected chi connectivity index (χ3v) is 3.08. The lowest BCUT2D eigenvalue weighted by Crippen LogP contribution is -2.41. The predicted molar refractivity (Wildman–Crippen MR) is 74.9 cm³/mol. The van der Waals surface area contributed by atoms with Gasteiger partial charge in [0.15, 0.2) is 0 Å². The van der Waals surface area contributed by atoms with E-state index in [1.807, 2.05) is 13.8 Å². The van der Waals surface area contributed by atoms with E-state index in [0.29, 0.717) is 23.2 Å². The quantitative estimate of drug-likeness (QED) is 0.869. The molecule has 2 aromatic heterocycles. The molecule has 2 rings (SSSR count). The highest BCUT2D eigenvalue weighted by Gasteiger charge is 2.22. The predicted octanol–water partition coefficient (Wildman–Crippen LogP) is 1.76. The molecule has 0 aliphatic rings. The first kappa shape index (κ1) is 15.0. The van der Waals surface area contributed by atoms with E-state index < -0.39 is 17.9 Å². The second kappa shape index (κ2) is 5.90. The van der Waals surface area contributed by atoms with Gasteiger partial charge < -0.3 is 14.9 Å². The number of pyridine rings is 1. The third-order valence-electron chi connectivity index (χ3n) is 3.08. The van der Waals surface area contributed by atoms with Gasteiger partial charge in [0.05, 0.1) is 16.6 Å². The molecular weight excluding hydrogens is 274 g/mol. The number of nitrogens with one attached hydrogen (secondary N) is 1. The highest BCUT2D eigenvalue weighted by molar-refractivity contribution is 5.98. The molecule has 0 aromatic carbocycles. The van der Waals surface area contributed by atoms with Crippen LogP contribution in [0.5, 0.6) is 0 Å². The van der Waals surface area contributed by atoms with Crippen LogP contribution < -0.4 is 5.32 Å². The van der Waals surface area contributed by atoms with Crippen LogP contribution in [0.15, 0.2) is 16.8 Å². The Morgan fingerprint density at radius 2 is 2.14 bits per heavy atom. The van der Waals surface area contributed by atoms with E-state index in [0.717, 1.165) is 0 Å². The van der Waals surface area contributed by atoms with Crippen LogP contribution in [0.25, 0.3) is 11.1 Å². The molecule has 2 heterocycles. The Bertz CT molecular complexity index is 678. The SMILES string of the molecule is Cc1noc2ncc(C(=O)N[C@H](CC(C)C)C(=O)O)cc12. The molecule has 112 valence electrons. The minimum absolute atomic E-state index is 0.160. The Labute approximate surface area is 121 Å². The molecule has 7 nitrogen and oxygen atoms in total. The number of carboxylic acids is 1. The van der Waals surface area contributed by atoms with Crippen molar-refractivity contribution < 1.29 is 19.2 Å². The number of rotatable bonds is 5. The Hall–Kier alpha value is -2.44. The number of carbonyl (C=O) groups is 2. The van der Waals surface area contributed by atoms with Crippen LogP contribution in [-0.2, 0) is 4.79 Å². The third kappa shape index (κ3) is 3.36. The molecule has 2 N–H and O–H groups in total. The largest absolute Gasteiger partial charge is 0.480 e. The molecule has 0 aliphatic heterocycles. The lowest BCUT2D eigenvalue weighted by Gasteiger charge is -2.16. The number of hydrogen-bond acceptors (Lipinski definition) is 5. The van der Waals surface area contributed by atoms with Crippen molar-refractivity contribution in [3.63, 3.8) is 0 Å². The zero-order chi connectivity index (χ0) is 15.6. The maximum Gasteiger partial charge on any atom is 0.326 e. The number of nitrogens with zero attached hydrogens (tertiary/aromatic N) is 2. The number of carboxylic acid groups (broad SMARTS) is 1. The lowest BCUT2D eigenvalue weighted by molar-refractivity contribution is -0.139. The van der Waals surface area contributed by atoms with Crippen molar-refractivity contribution in [3.8, 4) is 0 Å². The topological polar surface area (TPSA) is 105 Å². The monoisotopic (exact) mass is 291 g/mol. The van der Waals surface area contributed by atoms with Gasteiger partial charge in [0, 0.05) is 6.20 Å². The van der Waals surface area contributed by atoms with E-state index >= 15 is 0 Å². The Balaban J connectivity index is 2.20. The molecule has 0 saturated heterocycles. The number of amides is 1. The number of carbonyl (C=O) groups excluding carboxylic acids is 1. The first-order valence-corrected chi connectivity index (χ1v) is 6.64. The standard InChI is InChI=1S/C14H17N3O4/c1-7(2)4-11(14(19)20)16-12(18)9-5-10-8(3)17-21-13(10)15-6-9/h5-7,11H,4H2,1-3H3,(H,16,18)(H,19,20)/t11-/m1/s1. The van der Waals surface area contributed by atoms with Crippen molar-refractivity contribution >= 4 is 23.0 Å². The van der Waals surface area contributed by atoms with Gasteiger partial charge in [-0.05, 0) is 25.3 Å². The van der Waals surface area contributed by atoms with Crippen LogP contribution in [0, 0.1) is 12.8 Å². The van der Waals surface area contributed by atoms with E-state index in [9.17, 15) is 9.59 Å². The van der Waals surface area contributed by atoms with Gasteiger partial charge in [-0.3, -0.25) is 4.79 Å². The maximum atomic E-state index is 12.2. The molecule has 0 aliphatic carbocycles. The van der Waals surface area contributed by atoms with Crippen LogP contribution in [0.1, 0.15) is 36.3 Å². The van der Waals surface area contributed by atoms with Crippen LogP contribution in [0.3, 0.4) is 0 Å². The number of aryl methyl sites for hydroxylation is 1. The molecule has 21 heavy (non-hydrogen) atoms. The van der Waals surface area contributed by atoms with E-state index in [1.54, 1.807) is 13.0 Å². The van der Waals surface area contributed by atoms with Gasteiger partial charge in [0.2, 0.25) is 0 Å². The molecule has 0 radical (unpaired) electrons. The van der Waals surface area contributed by atoms with Gasteiger partial charge in [-0.15, -0.1) is 0 Å². The molecule has 7 heteroatoms. The second-order valence-corrected chi connectivity index (χ2v) is 5.34. The fourth-order valence-corrected chi connectivity index (χ4v) is 2.00. The summed E-state index contributed by atoms with van der Waals surface area (Å²) in [5.41, 5.74) is 1.26. The molecule has 1 atom stereocenters. The molecule has 0 saturated carbocycles. The summed E-state index contributed by atoms with van der Waals surface area (Å²) < 4.78 is 4.97. The molecule has 1 amide bonds. The van der Waals surface area contributed by atoms with Crippen LogP contribution in [-0.4, -0.2) is 33.2 Å². The molecule has 0 unspecified atom stereocenters. The van der Waals surface area contributed by atoms with E-state index in [1.165, 1.54) is 6.20 Å². The maximum absolute atomic E-state index is 12.2. The summed E-state index contributed by atoms with van der Waals surface area (Å²) in [5, 5.41) is 16.1. The Kier molecular flexibility index (Phi) is 4.21. The smallest absolute Gasteiger partial charge is 0.326 e. The number of hydrogen-bond donors (Lipinski definition) is 2. The van der Waals surface area contributed by atoms with E-state index in [2.05, 4.69) is 15.5 Å². The minimum Gasteiger partial charge on any atom is -0.480 e. The average molecular weight is 291 g/mol. The molecular formula is C14H17N3O4. The second-order valence-electron chi connectivity index (χ2n) is 5.34. The molecule has 0 spiro atoms. The lowest BCUT2D eigenvalue weighted by atomic mass is 10.0. The van der Waals surface area contributed by atoms with E-state index in [-0.39, 0.29) is 11.5 Å². The van der Waals surface area contributed by atoms with Gasteiger partial charge >= 0.3 is 5.97 Å². The normalized spacial score (nSPS) is 12.6. The first-order chi connectivity index (χ1) is 9.88. The Morgan fingerprint density at radius 1 is 1.43 bits per heavy atom. The summed E-state index contributed by atoms with van der Waals surface area (Å²) in [6.07, 6.45) is 1.71. The Morgan fingerprint density at radius 3 is 2.76 bits per heavy atom. The average Bonchev–Trinajstić information content (AvgIpc) is 2.78. The van der Waals surface area contributed by atoms with Crippen molar-refractivity contribution in [2.45, 2.75) is 33.2 Å². The fourth-order valence-electron chi connectivity index (χ4n) is 2.00. The number of fused-ring (bicyclic) bond motifs is 1. The summed E-state index contributed by atoms with van der Waals surface area (Å²) in [4.78, 5) is 27.3.